The third-order valence-corrected chi connectivity index (χ3v) is 5.20. The highest BCUT2D eigenvalue weighted by atomic mass is 35.5. The van der Waals surface area contributed by atoms with E-state index in [1.165, 1.54) is 11.3 Å². The SMILES string of the molecule is Cc1sc(NC(=O)COc2ccccc2C(C)C)nc1-c1ccc(Cl)cc1. The van der Waals surface area contributed by atoms with Crippen molar-refractivity contribution in [2.75, 3.05) is 11.9 Å². The number of amides is 1. The average molecular weight is 401 g/mol. The molecule has 1 heterocycles. The molecule has 1 aromatic heterocycles. The Bertz CT molecular complexity index is 936. The zero-order valence-corrected chi connectivity index (χ0v) is 17.0. The van der Waals surface area contributed by atoms with Crippen molar-refractivity contribution in [1.82, 2.24) is 4.98 Å². The van der Waals surface area contributed by atoms with Crippen LogP contribution in [0, 0.1) is 6.92 Å². The van der Waals surface area contributed by atoms with Crippen LogP contribution in [0.3, 0.4) is 0 Å². The van der Waals surface area contributed by atoms with E-state index in [1.54, 1.807) is 0 Å². The van der Waals surface area contributed by atoms with Gasteiger partial charge < -0.3 is 4.74 Å². The number of para-hydroxylation sites is 1. The fraction of sp³-hybridized carbons (Fsp3) is 0.238. The van der Waals surface area contributed by atoms with E-state index >= 15 is 0 Å². The van der Waals surface area contributed by atoms with Crippen LogP contribution in [0.4, 0.5) is 5.13 Å². The Hall–Kier alpha value is -2.37. The van der Waals surface area contributed by atoms with E-state index in [0.717, 1.165) is 27.4 Å². The number of thiazole rings is 1. The van der Waals surface area contributed by atoms with Gasteiger partial charge in [0.25, 0.3) is 5.91 Å². The minimum atomic E-state index is -0.232. The number of nitrogens with zero attached hydrogens (tertiary/aromatic N) is 1. The molecule has 3 aromatic rings. The van der Waals surface area contributed by atoms with Crippen molar-refractivity contribution in [2.24, 2.45) is 0 Å². The van der Waals surface area contributed by atoms with Gasteiger partial charge in [-0.3, -0.25) is 10.1 Å². The van der Waals surface area contributed by atoms with E-state index < -0.39 is 0 Å². The fourth-order valence-corrected chi connectivity index (χ4v) is 3.69. The van der Waals surface area contributed by atoms with Gasteiger partial charge >= 0.3 is 0 Å². The zero-order chi connectivity index (χ0) is 19.4. The molecule has 0 aliphatic heterocycles. The second-order valence-corrected chi connectivity index (χ2v) is 8.10. The molecule has 0 spiro atoms. The van der Waals surface area contributed by atoms with Crippen LogP contribution in [0.1, 0.15) is 30.2 Å². The van der Waals surface area contributed by atoms with Crippen LogP contribution in [-0.4, -0.2) is 17.5 Å². The molecular weight excluding hydrogens is 380 g/mol. The van der Waals surface area contributed by atoms with Crippen LogP contribution in [0.2, 0.25) is 5.02 Å². The maximum atomic E-state index is 12.3. The van der Waals surface area contributed by atoms with Crippen molar-refractivity contribution in [3.63, 3.8) is 0 Å². The lowest BCUT2D eigenvalue weighted by molar-refractivity contribution is -0.118. The topological polar surface area (TPSA) is 51.2 Å². The number of aromatic nitrogens is 1. The summed E-state index contributed by atoms with van der Waals surface area (Å²) in [6.07, 6.45) is 0. The maximum Gasteiger partial charge on any atom is 0.264 e. The summed E-state index contributed by atoms with van der Waals surface area (Å²) < 4.78 is 5.72. The Morgan fingerprint density at radius 3 is 2.59 bits per heavy atom. The molecule has 0 saturated carbocycles. The Balaban J connectivity index is 1.65. The molecule has 1 N–H and O–H groups in total. The molecule has 6 heteroatoms. The normalized spacial score (nSPS) is 10.9. The lowest BCUT2D eigenvalue weighted by Gasteiger charge is -2.13. The van der Waals surface area contributed by atoms with Crippen LogP contribution in [0.15, 0.2) is 48.5 Å². The number of hydrogen-bond donors (Lipinski definition) is 1. The zero-order valence-electron chi connectivity index (χ0n) is 15.5. The van der Waals surface area contributed by atoms with Crippen molar-refractivity contribution in [2.45, 2.75) is 26.7 Å². The van der Waals surface area contributed by atoms with Gasteiger partial charge in [0, 0.05) is 15.5 Å². The van der Waals surface area contributed by atoms with Crippen LogP contribution < -0.4 is 10.1 Å². The molecule has 4 nitrogen and oxygen atoms in total. The number of anilines is 1. The molecule has 3 rings (SSSR count). The second-order valence-electron chi connectivity index (χ2n) is 6.46. The van der Waals surface area contributed by atoms with Gasteiger partial charge in [0.1, 0.15) is 5.75 Å². The van der Waals surface area contributed by atoms with Gasteiger partial charge in [0.15, 0.2) is 11.7 Å². The predicted molar refractivity (Wildman–Crippen MR) is 112 cm³/mol. The third-order valence-electron chi connectivity index (χ3n) is 4.06. The van der Waals surface area contributed by atoms with Gasteiger partial charge in [0.05, 0.1) is 5.69 Å². The number of rotatable bonds is 6. The first-order chi connectivity index (χ1) is 12.9. The highest BCUT2D eigenvalue weighted by molar-refractivity contribution is 7.16. The van der Waals surface area contributed by atoms with E-state index in [4.69, 9.17) is 16.3 Å². The first-order valence-corrected chi connectivity index (χ1v) is 9.88. The van der Waals surface area contributed by atoms with Crippen molar-refractivity contribution in [3.8, 4) is 17.0 Å². The van der Waals surface area contributed by atoms with E-state index in [2.05, 4.69) is 24.1 Å². The number of aryl methyl sites for hydroxylation is 1. The van der Waals surface area contributed by atoms with E-state index in [9.17, 15) is 4.79 Å². The molecule has 140 valence electrons. The van der Waals surface area contributed by atoms with Crippen LogP contribution in [0.25, 0.3) is 11.3 Å². The Kier molecular flexibility index (Phi) is 6.14. The number of nitrogens with one attached hydrogen (secondary N) is 1. The molecule has 0 fully saturated rings. The molecule has 0 radical (unpaired) electrons. The van der Waals surface area contributed by atoms with Crippen molar-refractivity contribution >= 4 is 34.0 Å². The molecule has 1 amide bonds. The summed E-state index contributed by atoms with van der Waals surface area (Å²) in [5, 5.41) is 4.06. The molecule has 0 atom stereocenters. The molecule has 0 aliphatic rings. The lowest BCUT2D eigenvalue weighted by Crippen LogP contribution is -2.20. The second kappa shape index (κ2) is 8.55. The van der Waals surface area contributed by atoms with Gasteiger partial charge in [-0.2, -0.15) is 0 Å². The minimum Gasteiger partial charge on any atom is -0.483 e. The average Bonchev–Trinajstić information content (AvgIpc) is 3.01. The van der Waals surface area contributed by atoms with Crippen LogP contribution >= 0.6 is 22.9 Å². The number of halogens is 1. The van der Waals surface area contributed by atoms with E-state index in [1.807, 2.05) is 55.5 Å². The van der Waals surface area contributed by atoms with Crippen LogP contribution in [-0.2, 0) is 4.79 Å². The quantitative estimate of drug-likeness (QED) is 0.559. The Morgan fingerprint density at radius 2 is 1.89 bits per heavy atom. The third kappa shape index (κ3) is 4.87. The highest BCUT2D eigenvalue weighted by Gasteiger charge is 2.13. The molecule has 0 aliphatic carbocycles. The van der Waals surface area contributed by atoms with Crippen molar-refractivity contribution in [1.29, 1.82) is 0 Å². The standard InChI is InChI=1S/C21H21ClN2O2S/c1-13(2)17-6-4-5-7-18(17)26-12-19(25)23-21-24-20(14(3)27-21)15-8-10-16(22)11-9-15/h4-11,13H,12H2,1-3H3,(H,23,24,25). The highest BCUT2D eigenvalue weighted by Crippen LogP contribution is 2.31. The summed E-state index contributed by atoms with van der Waals surface area (Å²) in [4.78, 5) is 17.8. The summed E-state index contributed by atoms with van der Waals surface area (Å²) in [7, 11) is 0. The van der Waals surface area contributed by atoms with Crippen molar-refractivity contribution in [3.05, 3.63) is 64.0 Å². The smallest absolute Gasteiger partial charge is 0.264 e. The summed E-state index contributed by atoms with van der Waals surface area (Å²) in [5.41, 5.74) is 2.90. The molecule has 0 unspecified atom stereocenters. The number of carbonyl (C=O) groups is 1. The summed E-state index contributed by atoms with van der Waals surface area (Å²) >= 11 is 7.38. The first-order valence-electron chi connectivity index (χ1n) is 8.69. The molecular formula is C21H21ClN2O2S. The molecule has 0 saturated heterocycles. The number of benzene rings is 2. The molecule has 0 bridgehead atoms. The van der Waals surface area contributed by atoms with Gasteiger partial charge in [0.2, 0.25) is 0 Å². The van der Waals surface area contributed by atoms with Gasteiger partial charge in [-0.15, -0.1) is 11.3 Å². The first kappa shape index (κ1) is 19.4. The molecule has 27 heavy (non-hydrogen) atoms. The fourth-order valence-electron chi connectivity index (χ4n) is 2.71. The predicted octanol–water partition coefficient (Wildman–Crippen LogP) is 5.91. The lowest BCUT2D eigenvalue weighted by atomic mass is 10.0. The maximum absolute atomic E-state index is 12.3. The van der Waals surface area contributed by atoms with Gasteiger partial charge in [-0.05, 0) is 36.6 Å². The van der Waals surface area contributed by atoms with E-state index in [0.29, 0.717) is 16.1 Å². The van der Waals surface area contributed by atoms with Gasteiger partial charge in [-0.1, -0.05) is 55.8 Å². The Labute approximate surface area is 168 Å². The van der Waals surface area contributed by atoms with Crippen LogP contribution in [0.5, 0.6) is 5.75 Å². The Morgan fingerprint density at radius 1 is 1.19 bits per heavy atom. The van der Waals surface area contributed by atoms with Crippen molar-refractivity contribution < 1.29 is 9.53 Å². The molecule has 2 aromatic carbocycles. The summed E-state index contributed by atoms with van der Waals surface area (Å²) in [5.74, 6) is 0.831. The number of carbonyl (C=O) groups excluding carboxylic acids is 1. The van der Waals surface area contributed by atoms with Gasteiger partial charge in [-0.25, -0.2) is 4.98 Å². The summed E-state index contributed by atoms with van der Waals surface area (Å²) in [6.45, 7) is 6.11. The monoisotopic (exact) mass is 400 g/mol. The summed E-state index contributed by atoms with van der Waals surface area (Å²) in [6, 6.07) is 15.3. The minimum absolute atomic E-state index is 0.0569. The number of ether oxygens (including phenoxy) is 1. The van der Waals surface area contributed by atoms with E-state index in [-0.39, 0.29) is 12.5 Å². The largest absolute Gasteiger partial charge is 0.483 e. The number of hydrogen-bond acceptors (Lipinski definition) is 4.